The summed E-state index contributed by atoms with van der Waals surface area (Å²) in [4.78, 5) is 10.1. The van der Waals surface area contributed by atoms with Gasteiger partial charge in [-0.05, 0) is 0 Å². The van der Waals surface area contributed by atoms with Gasteiger partial charge in [0.05, 0.1) is 6.61 Å². The van der Waals surface area contributed by atoms with Crippen LogP contribution >= 0.6 is 0 Å². The summed E-state index contributed by atoms with van der Waals surface area (Å²) in [6.07, 6.45) is -11.7. The lowest BCUT2D eigenvalue weighted by Gasteiger charge is -2.29. The predicted molar refractivity (Wildman–Crippen MR) is 49.2 cm³/mol. The zero-order valence-corrected chi connectivity index (χ0v) is 8.29. The number of aliphatic hydroxyl groups is 7. The third kappa shape index (κ3) is 3.76. The summed E-state index contributed by atoms with van der Waals surface area (Å²) in [5.41, 5.74) is 0. The van der Waals surface area contributed by atoms with Crippen molar-refractivity contribution in [3.63, 3.8) is 0 Å². The van der Waals surface area contributed by atoms with Crippen LogP contribution in [-0.2, 0) is 4.79 Å². The molecule has 0 fully saturated rings. The number of hydrogen-bond donors (Lipinski definition) is 7. The van der Waals surface area contributed by atoms with Gasteiger partial charge < -0.3 is 40.5 Å². The summed E-state index contributed by atoms with van der Waals surface area (Å²) in [7, 11) is 0. The van der Waals surface area contributed by atoms with Gasteiger partial charge in [0.15, 0.2) is 6.29 Å². The first-order chi connectivity index (χ1) is 7.36. The molecule has 0 saturated carbocycles. The van der Waals surface area contributed by atoms with Crippen molar-refractivity contribution in [3.8, 4) is 0 Å². The van der Waals surface area contributed by atoms with E-state index in [2.05, 4.69) is 0 Å². The Hall–Kier alpha value is -0.610. The predicted octanol–water partition coefficient (Wildman–Crippen LogP) is -4.66. The molecule has 16 heavy (non-hydrogen) atoms. The molecule has 0 radical (unpaired) electrons. The molecule has 8 heteroatoms. The van der Waals surface area contributed by atoms with Gasteiger partial charge in [0.1, 0.15) is 36.6 Å². The summed E-state index contributed by atoms with van der Waals surface area (Å²) in [6, 6.07) is 0. The molecule has 8 nitrogen and oxygen atoms in total. The van der Waals surface area contributed by atoms with Gasteiger partial charge in [0.2, 0.25) is 0 Å². The van der Waals surface area contributed by atoms with Crippen LogP contribution in [0.25, 0.3) is 0 Å². The number of carbonyl (C=O) groups is 1. The smallest absolute Gasteiger partial charge is 0.151 e. The van der Waals surface area contributed by atoms with E-state index in [0.29, 0.717) is 0 Å². The molecule has 6 atom stereocenters. The molecule has 0 heterocycles. The fourth-order valence-corrected chi connectivity index (χ4v) is 1.02. The first kappa shape index (κ1) is 15.4. The molecule has 7 N–H and O–H groups in total. The standard InChI is InChI=1S/C8H16O8/c9-1-3(11)5(13)7(15)8(16)6(14)4(12)2-10/h1,3-8,10-16H,2H2/t3-,4+,5+,6+,7+,8+/m0/s1. The Balaban J connectivity index is 4.47. The van der Waals surface area contributed by atoms with Gasteiger partial charge in [-0.25, -0.2) is 0 Å². The molecule has 0 unspecified atom stereocenters. The Kier molecular flexibility index (Phi) is 6.60. The number of carbonyl (C=O) groups excluding carboxylic acids is 1. The van der Waals surface area contributed by atoms with E-state index in [4.69, 9.17) is 25.5 Å². The van der Waals surface area contributed by atoms with Gasteiger partial charge in [-0.15, -0.1) is 0 Å². The molecule has 0 aromatic rings. The van der Waals surface area contributed by atoms with Crippen LogP contribution in [0.4, 0.5) is 0 Å². The Morgan fingerprint density at radius 2 is 1.25 bits per heavy atom. The van der Waals surface area contributed by atoms with Crippen LogP contribution in [0.2, 0.25) is 0 Å². The molecule has 0 bridgehead atoms. The van der Waals surface area contributed by atoms with Gasteiger partial charge in [0, 0.05) is 0 Å². The average Bonchev–Trinajstić information content (AvgIpc) is 2.32. The molecule has 0 aliphatic carbocycles. The maximum Gasteiger partial charge on any atom is 0.151 e. The van der Waals surface area contributed by atoms with E-state index in [1.165, 1.54) is 0 Å². The minimum absolute atomic E-state index is 0.0601. The molecular weight excluding hydrogens is 224 g/mol. The van der Waals surface area contributed by atoms with Crippen molar-refractivity contribution in [2.75, 3.05) is 6.61 Å². The van der Waals surface area contributed by atoms with Crippen LogP contribution in [0.15, 0.2) is 0 Å². The van der Waals surface area contributed by atoms with Crippen LogP contribution < -0.4 is 0 Å². The van der Waals surface area contributed by atoms with E-state index >= 15 is 0 Å². The van der Waals surface area contributed by atoms with E-state index in [1.807, 2.05) is 0 Å². The number of hydrogen-bond acceptors (Lipinski definition) is 8. The first-order valence-corrected chi connectivity index (χ1v) is 4.51. The Labute approximate surface area is 91.0 Å². The molecule has 0 aliphatic rings. The third-order valence-electron chi connectivity index (χ3n) is 2.12. The van der Waals surface area contributed by atoms with Crippen LogP contribution in [0, 0.1) is 0 Å². The van der Waals surface area contributed by atoms with Crippen LogP contribution in [-0.4, -0.2) is 85.3 Å². The van der Waals surface area contributed by atoms with E-state index in [1.54, 1.807) is 0 Å². The molecule has 0 aromatic carbocycles. The van der Waals surface area contributed by atoms with E-state index in [0.717, 1.165) is 0 Å². The minimum Gasteiger partial charge on any atom is -0.394 e. The maximum atomic E-state index is 10.1. The fraction of sp³-hybridized carbons (Fsp3) is 0.875. The molecule has 0 aliphatic heterocycles. The van der Waals surface area contributed by atoms with Gasteiger partial charge in [-0.2, -0.15) is 0 Å². The highest BCUT2D eigenvalue weighted by Crippen LogP contribution is 2.10. The van der Waals surface area contributed by atoms with Crippen molar-refractivity contribution in [1.82, 2.24) is 0 Å². The van der Waals surface area contributed by atoms with Gasteiger partial charge in [0.25, 0.3) is 0 Å². The van der Waals surface area contributed by atoms with Gasteiger partial charge >= 0.3 is 0 Å². The second-order valence-corrected chi connectivity index (χ2v) is 3.34. The molecule has 0 aromatic heterocycles. The fourth-order valence-electron chi connectivity index (χ4n) is 1.02. The normalized spacial score (nSPS) is 22.9. The highest BCUT2D eigenvalue weighted by molar-refractivity contribution is 5.56. The topological polar surface area (TPSA) is 159 Å². The van der Waals surface area contributed by atoms with Crippen molar-refractivity contribution in [3.05, 3.63) is 0 Å². The van der Waals surface area contributed by atoms with E-state index in [9.17, 15) is 15.0 Å². The summed E-state index contributed by atoms with van der Waals surface area (Å²) >= 11 is 0. The van der Waals surface area contributed by atoms with Crippen molar-refractivity contribution >= 4 is 6.29 Å². The zero-order chi connectivity index (χ0) is 12.9. The number of rotatable bonds is 7. The molecule has 0 spiro atoms. The van der Waals surface area contributed by atoms with E-state index < -0.39 is 43.2 Å². The average molecular weight is 240 g/mol. The van der Waals surface area contributed by atoms with Crippen LogP contribution in [0.3, 0.4) is 0 Å². The first-order valence-electron chi connectivity index (χ1n) is 4.51. The third-order valence-corrected chi connectivity index (χ3v) is 2.12. The maximum absolute atomic E-state index is 10.1. The summed E-state index contributed by atoms with van der Waals surface area (Å²) in [5, 5.41) is 63.0. The Morgan fingerprint density at radius 3 is 1.62 bits per heavy atom. The quantitative estimate of drug-likeness (QED) is 0.219. The van der Waals surface area contributed by atoms with Crippen molar-refractivity contribution in [1.29, 1.82) is 0 Å². The highest BCUT2D eigenvalue weighted by Gasteiger charge is 2.36. The molecule has 0 amide bonds. The van der Waals surface area contributed by atoms with Crippen molar-refractivity contribution in [2.24, 2.45) is 0 Å². The SMILES string of the molecule is O=C[C@H](O)[C@@H](O)[C@@H](O)[C@H](O)[C@H](O)[C@H](O)CO. The summed E-state index contributed by atoms with van der Waals surface area (Å²) in [5.74, 6) is 0. The second-order valence-electron chi connectivity index (χ2n) is 3.34. The zero-order valence-electron chi connectivity index (χ0n) is 8.29. The lowest BCUT2D eigenvalue weighted by molar-refractivity contribution is -0.159. The lowest BCUT2D eigenvalue weighted by atomic mass is 9.97. The number of aliphatic hydroxyl groups excluding tert-OH is 7. The second kappa shape index (κ2) is 6.86. The van der Waals surface area contributed by atoms with Crippen molar-refractivity contribution in [2.45, 2.75) is 36.6 Å². The molecular formula is C8H16O8. The largest absolute Gasteiger partial charge is 0.394 e. The Bertz CT molecular complexity index is 210. The van der Waals surface area contributed by atoms with Gasteiger partial charge in [-0.3, -0.25) is 0 Å². The van der Waals surface area contributed by atoms with Crippen LogP contribution in [0.1, 0.15) is 0 Å². The van der Waals surface area contributed by atoms with Gasteiger partial charge in [-0.1, -0.05) is 0 Å². The van der Waals surface area contributed by atoms with Crippen LogP contribution in [0.5, 0.6) is 0 Å². The Morgan fingerprint density at radius 1 is 0.812 bits per heavy atom. The molecule has 0 saturated heterocycles. The summed E-state index contributed by atoms with van der Waals surface area (Å²) in [6.45, 7) is -0.864. The minimum atomic E-state index is -2.05. The highest BCUT2D eigenvalue weighted by atomic mass is 16.4. The summed E-state index contributed by atoms with van der Waals surface area (Å²) < 4.78 is 0. The molecule has 96 valence electrons. The van der Waals surface area contributed by atoms with E-state index in [-0.39, 0.29) is 6.29 Å². The lowest BCUT2D eigenvalue weighted by Crippen LogP contribution is -2.53. The van der Waals surface area contributed by atoms with Crippen molar-refractivity contribution < 1.29 is 40.5 Å². The monoisotopic (exact) mass is 240 g/mol. The number of aldehydes is 1. The molecule has 0 rings (SSSR count).